The van der Waals surface area contributed by atoms with E-state index in [1.807, 2.05) is 55.5 Å². The summed E-state index contributed by atoms with van der Waals surface area (Å²) in [5, 5.41) is 44.3. The summed E-state index contributed by atoms with van der Waals surface area (Å²) in [6.45, 7) is 2.58. The maximum absolute atomic E-state index is 13.8. The molecule has 0 bridgehead atoms. The number of hydrogen-bond donors (Lipinski definition) is 2. The second-order valence-corrected chi connectivity index (χ2v) is 12.0. The van der Waals surface area contributed by atoms with Crippen molar-refractivity contribution in [1.29, 1.82) is 0 Å². The third kappa shape index (κ3) is 9.65. The number of imidazole rings is 1. The Kier molecular flexibility index (Phi) is 11.9. The van der Waals surface area contributed by atoms with E-state index in [2.05, 4.69) is 35.3 Å². The van der Waals surface area contributed by atoms with Crippen molar-refractivity contribution in [1.82, 2.24) is 30.2 Å². The highest BCUT2D eigenvalue weighted by Gasteiger charge is 2.33. The van der Waals surface area contributed by atoms with Gasteiger partial charge in [0.25, 0.3) is 10.2 Å². The number of carbonyl (C=O) groups excluding carboxylic acids is 1. The van der Waals surface area contributed by atoms with E-state index < -0.39 is 60.1 Å². The molecule has 0 unspecified atom stereocenters. The molecule has 0 radical (unpaired) electrons. The third-order valence-corrected chi connectivity index (χ3v) is 7.61. The van der Waals surface area contributed by atoms with E-state index in [1.165, 1.54) is 13.8 Å². The van der Waals surface area contributed by atoms with Crippen LogP contribution >= 0.6 is 0 Å². The number of ether oxygens (including phenoxy) is 2. The van der Waals surface area contributed by atoms with Crippen LogP contribution in [0.5, 0.6) is 0 Å². The Hall–Kier alpha value is -6.48. The molecule has 21 nitrogen and oxygen atoms in total. The maximum atomic E-state index is 13.8. The van der Waals surface area contributed by atoms with E-state index in [0.717, 1.165) is 22.3 Å². The Morgan fingerprint density at radius 3 is 2.34 bits per heavy atom. The number of hydrogen-bond acceptors (Lipinski definition) is 17. The van der Waals surface area contributed by atoms with Crippen LogP contribution in [0, 0.1) is 20.2 Å². The highest BCUT2D eigenvalue weighted by molar-refractivity contribution is 5.89. The molecule has 0 saturated carbocycles. The van der Waals surface area contributed by atoms with Crippen LogP contribution in [-0.4, -0.2) is 70.7 Å². The van der Waals surface area contributed by atoms with Crippen molar-refractivity contribution in [3.8, 4) is 22.5 Å². The Labute approximate surface area is 298 Å². The van der Waals surface area contributed by atoms with Crippen LogP contribution in [0.3, 0.4) is 0 Å². The lowest BCUT2D eigenvalue weighted by atomic mass is 9.98. The first kappa shape index (κ1) is 37.8. The van der Waals surface area contributed by atoms with Crippen LogP contribution in [0.4, 0.5) is 0 Å². The summed E-state index contributed by atoms with van der Waals surface area (Å²) in [4.78, 5) is 60.0. The first-order valence-corrected chi connectivity index (χ1v) is 16.0. The summed E-state index contributed by atoms with van der Waals surface area (Å²) in [5.74, 6) is -1.53. The largest absolute Gasteiger partial charge is 0.519 e. The number of aromatic nitrogens is 6. The molecule has 0 aliphatic heterocycles. The van der Waals surface area contributed by atoms with Crippen molar-refractivity contribution in [2.45, 2.75) is 65.1 Å². The van der Waals surface area contributed by atoms with Crippen molar-refractivity contribution in [2.75, 3.05) is 13.2 Å². The molecule has 280 valence electrons. The summed E-state index contributed by atoms with van der Waals surface area (Å²) in [6, 6.07) is 15.2. The Bertz CT molecular complexity index is 2080. The van der Waals surface area contributed by atoms with Gasteiger partial charge < -0.3 is 37.7 Å². The number of H-pyrrole nitrogens is 1. The van der Waals surface area contributed by atoms with Crippen LogP contribution in [0.15, 0.2) is 62.2 Å². The van der Waals surface area contributed by atoms with Crippen LogP contribution in [-0.2, 0) is 50.9 Å². The molecule has 1 atom stereocenters. The van der Waals surface area contributed by atoms with Gasteiger partial charge in [0.1, 0.15) is 30.3 Å². The summed E-state index contributed by atoms with van der Waals surface area (Å²) < 4.78 is 22.5. The Morgan fingerprint density at radius 2 is 1.72 bits per heavy atom. The highest BCUT2D eigenvalue weighted by atomic mass is 17.0. The predicted octanol–water partition coefficient (Wildman–Crippen LogP) is 3.16. The zero-order valence-electron chi connectivity index (χ0n) is 28.6. The maximum Gasteiger partial charge on any atom is 0.519 e. The third-order valence-electron chi connectivity index (χ3n) is 7.61. The van der Waals surface area contributed by atoms with Crippen molar-refractivity contribution >= 4 is 5.97 Å². The van der Waals surface area contributed by atoms with Crippen molar-refractivity contribution < 1.29 is 48.1 Å². The molecule has 0 fully saturated rings. The van der Waals surface area contributed by atoms with Crippen LogP contribution in [0.25, 0.3) is 22.5 Å². The Morgan fingerprint density at radius 1 is 1.02 bits per heavy atom. The number of aromatic amines is 1. The van der Waals surface area contributed by atoms with E-state index in [0.29, 0.717) is 24.5 Å². The molecule has 3 aromatic heterocycles. The van der Waals surface area contributed by atoms with Crippen molar-refractivity contribution in [2.24, 2.45) is 0 Å². The minimum atomic E-state index is -1.56. The van der Waals surface area contributed by atoms with Crippen LogP contribution in [0.2, 0.25) is 0 Å². The van der Waals surface area contributed by atoms with Crippen molar-refractivity contribution in [3.63, 3.8) is 0 Å². The molecule has 0 amide bonds. The molecule has 0 aliphatic rings. The lowest BCUT2D eigenvalue weighted by molar-refractivity contribution is -0.790. The number of carbonyl (C=O) groups is 1. The lowest BCUT2D eigenvalue weighted by Crippen LogP contribution is -2.29. The van der Waals surface area contributed by atoms with Gasteiger partial charge in [-0.05, 0) is 42.2 Å². The predicted molar refractivity (Wildman–Crippen MR) is 176 cm³/mol. The zero-order valence-corrected chi connectivity index (χ0v) is 28.6. The number of esters is 1. The minimum absolute atomic E-state index is 0.0262. The van der Waals surface area contributed by atoms with E-state index in [4.69, 9.17) is 18.3 Å². The molecule has 53 heavy (non-hydrogen) atoms. The topological polar surface area (TPSA) is 276 Å². The first-order valence-electron chi connectivity index (χ1n) is 16.0. The lowest BCUT2D eigenvalue weighted by Gasteiger charge is -2.18. The molecular weight excluding hydrogens is 704 g/mol. The quantitative estimate of drug-likeness (QED) is 0.0699. The fraction of sp³-hybridized carbons (Fsp3) is 0.375. The second-order valence-electron chi connectivity index (χ2n) is 12.0. The molecule has 21 heteroatoms. The van der Waals surface area contributed by atoms with Gasteiger partial charge in [0.2, 0.25) is 5.82 Å². The van der Waals surface area contributed by atoms with Gasteiger partial charge in [-0.1, -0.05) is 55.5 Å². The summed E-state index contributed by atoms with van der Waals surface area (Å²) in [6.07, 6.45) is -0.340. The smallest absolute Gasteiger partial charge is 0.453 e. The number of rotatable bonds is 19. The van der Waals surface area contributed by atoms with Crippen molar-refractivity contribution in [3.05, 3.63) is 114 Å². The second kappa shape index (κ2) is 16.7. The Balaban J connectivity index is 1.36. The molecule has 0 aliphatic carbocycles. The zero-order chi connectivity index (χ0) is 38.1. The highest BCUT2D eigenvalue weighted by Crippen LogP contribution is 2.31. The van der Waals surface area contributed by atoms with Gasteiger partial charge in [-0.3, -0.25) is 0 Å². The average molecular weight is 739 g/mol. The van der Waals surface area contributed by atoms with E-state index in [1.54, 1.807) is 4.57 Å². The van der Waals surface area contributed by atoms with Crippen LogP contribution in [0.1, 0.15) is 66.3 Å². The van der Waals surface area contributed by atoms with E-state index >= 15 is 0 Å². The van der Waals surface area contributed by atoms with Gasteiger partial charge in [-0.25, -0.2) is 14.6 Å². The van der Waals surface area contributed by atoms with Gasteiger partial charge in [0.15, 0.2) is 29.9 Å². The van der Waals surface area contributed by atoms with Gasteiger partial charge >= 0.3 is 11.8 Å². The average Bonchev–Trinajstić information content (AvgIpc) is 3.86. The van der Waals surface area contributed by atoms with Gasteiger partial charge in [0, 0.05) is 18.5 Å². The molecule has 5 rings (SSSR count). The normalized spacial score (nSPS) is 12.0. The number of tetrazole rings is 1. The number of nitrogens with one attached hydrogen (secondary N) is 1. The van der Waals surface area contributed by atoms with E-state index in [-0.39, 0.29) is 29.5 Å². The molecule has 2 N–H and O–H groups in total. The number of aryl methyl sites for hydroxylation is 1. The van der Waals surface area contributed by atoms with Gasteiger partial charge in [-0.15, -0.1) is 30.4 Å². The van der Waals surface area contributed by atoms with E-state index in [9.17, 15) is 34.9 Å². The molecule has 0 saturated heterocycles. The number of nitrogens with zero attached hydrogens (tertiary/aromatic N) is 7. The van der Waals surface area contributed by atoms with Crippen LogP contribution < -0.4 is 5.82 Å². The number of aliphatic hydroxyl groups is 1. The summed E-state index contributed by atoms with van der Waals surface area (Å²) >= 11 is 0. The molecule has 5 aromatic rings. The monoisotopic (exact) mass is 738 g/mol. The fourth-order valence-corrected chi connectivity index (χ4v) is 5.31. The SMILES string of the molecule is CCCc1nc(C(C)(C)O)c(C(=O)OCc2oc(=O)oc2COC[C@H](CO[N+](=O)[O-])O[N+](=O)[O-])n1Cc1ccc(-c2ccccc2-c2nn[nH]n2)cc1. The molecule has 2 aromatic carbocycles. The van der Waals surface area contributed by atoms with Gasteiger partial charge in [0.05, 0.1) is 6.61 Å². The molecular formula is C32H34N8O13. The summed E-state index contributed by atoms with van der Waals surface area (Å²) in [5.41, 5.74) is 1.84. The standard InChI is InChI=1S/C32H34N8O13/c1-4-7-26-33-28(32(2,3)43)27(38(26)14-19-10-12-20(13-11-19)22-8-5-6-9-23(22)29-34-36-37-35-29)30(41)49-18-25-24(51-31(42)52-25)17-48-15-21(53-40(46)47)16-50-39(44)45/h5-6,8-13,21,43H,4,7,14-18H2,1-3H3,(H,34,35,36,37)/t21-/m1/s1. The first-order chi connectivity index (χ1) is 25.3. The fourth-order valence-electron chi connectivity index (χ4n) is 5.31. The molecule has 3 heterocycles. The number of benzene rings is 2. The summed E-state index contributed by atoms with van der Waals surface area (Å²) in [7, 11) is 0. The van der Waals surface area contributed by atoms with Gasteiger partial charge in [-0.2, -0.15) is 5.21 Å². The molecule has 0 spiro atoms. The minimum Gasteiger partial charge on any atom is -0.453 e.